The molecule has 0 saturated carbocycles. The molecule has 2 aliphatic rings. The van der Waals surface area contributed by atoms with Crippen LogP contribution in [0.1, 0.15) is 30.5 Å². The van der Waals surface area contributed by atoms with Crippen molar-refractivity contribution in [3.8, 4) is 11.5 Å². The molecule has 116 valence electrons. The van der Waals surface area contributed by atoms with Crippen LogP contribution in [0.2, 0.25) is 0 Å². The summed E-state index contributed by atoms with van der Waals surface area (Å²) >= 11 is 0. The van der Waals surface area contributed by atoms with Crippen LogP contribution in [-0.2, 0) is 20.9 Å². The molecule has 0 spiro atoms. The third kappa shape index (κ3) is 2.39. The molecule has 0 N–H and O–H groups in total. The highest BCUT2D eigenvalue weighted by Crippen LogP contribution is 2.43. The van der Waals surface area contributed by atoms with Crippen molar-refractivity contribution in [2.45, 2.75) is 31.9 Å². The van der Waals surface area contributed by atoms with Gasteiger partial charge in [0.15, 0.2) is 11.5 Å². The molecule has 1 aromatic rings. The zero-order chi connectivity index (χ0) is 15.2. The fourth-order valence-corrected chi connectivity index (χ4v) is 4.56. The highest BCUT2D eigenvalue weighted by Gasteiger charge is 2.42. The molecule has 7 heteroatoms. The molecule has 2 aliphatic heterocycles. The normalized spacial score (nSPS) is 27.6. The number of methoxy groups -OCH3 is 2. The van der Waals surface area contributed by atoms with Gasteiger partial charge in [-0.15, -0.1) is 0 Å². The first-order valence-corrected chi connectivity index (χ1v) is 8.27. The van der Waals surface area contributed by atoms with E-state index in [0.29, 0.717) is 30.9 Å². The Morgan fingerprint density at radius 1 is 1.24 bits per heavy atom. The summed E-state index contributed by atoms with van der Waals surface area (Å²) in [7, 11) is -0.474. The Kier molecular flexibility index (Phi) is 3.59. The summed E-state index contributed by atoms with van der Waals surface area (Å²) in [6.07, 6.45) is 0.959. The lowest BCUT2D eigenvalue weighted by Crippen LogP contribution is -2.47. The lowest BCUT2D eigenvalue weighted by molar-refractivity contribution is 0.104. The van der Waals surface area contributed by atoms with Crippen LogP contribution in [0, 0.1) is 0 Å². The summed E-state index contributed by atoms with van der Waals surface area (Å²) in [5, 5.41) is 0. The highest BCUT2D eigenvalue weighted by molar-refractivity contribution is 7.84. The van der Waals surface area contributed by atoms with E-state index in [1.807, 2.05) is 12.1 Å². The number of rotatable bonds is 2. The molecule has 6 nitrogen and oxygen atoms in total. The number of hydrogen-bond donors (Lipinski definition) is 0. The maximum absolute atomic E-state index is 12.2. The quantitative estimate of drug-likeness (QED) is 0.831. The van der Waals surface area contributed by atoms with Gasteiger partial charge in [0.25, 0.3) is 0 Å². The van der Waals surface area contributed by atoms with E-state index in [0.717, 1.165) is 11.1 Å². The molecule has 1 fully saturated rings. The van der Waals surface area contributed by atoms with Crippen LogP contribution >= 0.6 is 0 Å². The van der Waals surface area contributed by atoms with Crippen molar-refractivity contribution in [1.29, 1.82) is 0 Å². The monoisotopic (exact) mass is 313 g/mol. The molecule has 0 bridgehead atoms. The SMILES string of the molecule is COc1cc2c(cc1OC)[C@H]1C[C@@H](C)OS(=O)(=O)N1CC2. The van der Waals surface area contributed by atoms with E-state index in [9.17, 15) is 8.42 Å². The molecule has 0 aromatic heterocycles. The van der Waals surface area contributed by atoms with Crippen molar-refractivity contribution < 1.29 is 22.1 Å². The topological polar surface area (TPSA) is 65.1 Å². The van der Waals surface area contributed by atoms with Gasteiger partial charge in [-0.1, -0.05) is 0 Å². The van der Waals surface area contributed by atoms with Crippen molar-refractivity contribution >= 4 is 10.3 Å². The summed E-state index contributed by atoms with van der Waals surface area (Å²) in [6, 6.07) is 3.64. The van der Waals surface area contributed by atoms with Crippen LogP contribution in [0.4, 0.5) is 0 Å². The van der Waals surface area contributed by atoms with Gasteiger partial charge in [0.1, 0.15) is 0 Å². The Bertz CT molecular complexity index is 658. The average Bonchev–Trinajstić information content (AvgIpc) is 2.44. The Morgan fingerprint density at radius 3 is 2.57 bits per heavy atom. The third-order valence-corrected chi connectivity index (χ3v) is 5.67. The van der Waals surface area contributed by atoms with Gasteiger partial charge in [-0.25, -0.2) is 0 Å². The van der Waals surface area contributed by atoms with Gasteiger partial charge in [0, 0.05) is 6.54 Å². The molecule has 0 aliphatic carbocycles. The standard InChI is InChI=1S/C14H19NO5S/c1-9-6-12-11-8-14(19-3)13(18-2)7-10(11)4-5-15(12)21(16,17)20-9/h7-9,12H,4-6H2,1-3H3/t9-,12-/m1/s1. The van der Waals surface area contributed by atoms with Gasteiger partial charge < -0.3 is 9.47 Å². The number of benzene rings is 1. The van der Waals surface area contributed by atoms with Crippen LogP contribution in [-0.4, -0.2) is 39.6 Å². The van der Waals surface area contributed by atoms with Gasteiger partial charge in [-0.2, -0.15) is 12.7 Å². The van der Waals surface area contributed by atoms with E-state index in [-0.39, 0.29) is 12.1 Å². The van der Waals surface area contributed by atoms with Crippen LogP contribution in [0.15, 0.2) is 12.1 Å². The van der Waals surface area contributed by atoms with Crippen LogP contribution in [0.3, 0.4) is 0 Å². The molecule has 1 saturated heterocycles. The molecule has 0 radical (unpaired) electrons. The average molecular weight is 313 g/mol. The van der Waals surface area contributed by atoms with Crippen LogP contribution in [0.5, 0.6) is 11.5 Å². The fourth-order valence-electron chi connectivity index (χ4n) is 3.13. The van der Waals surface area contributed by atoms with Crippen molar-refractivity contribution in [1.82, 2.24) is 4.31 Å². The summed E-state index contributed by atoms with van der Waals surface area (Å²) in [6.45, 7) is 2.21. The van der Waals surface area contributed by atoms with Crippen LogP contribution < -0.4 is 9.47 Å². The van der Waals surface area contributed by atoms with E-state index in [1.165, 1.54) is 4.31 Å². The van der Waals surface area contributed by atoms with E-state index < -0.39 is 10.3 Å². The number of nitrogens with zero attached hydrogens (tertiary/aromatic N) is 1. The molecule has 0 unspecified atom stereocenters. The molecule has 1 aromatic carbocycles. The third-order valence-electron chi connectivity index (χ3n) is 4.08. The predicted octanol–water partition coefficient (Wildman–Crippen LogP) is 1.66. The smallest absolute Gasteiger partial charge is 0.339 e. The first kappa shape index (κ1) is 14.6. The second-order valence-electron chi connectivity index (χ2n) is 5.38. The fraction of sp³-hybridized carbons (Fsp3) is 0.571. The van der Waals surface area contributed by atoms with E-state index in [1.54, 1.807) is 21.1 Å². The summed E-state index contributed by atoms with van der Waals surface area (Å²) in [5.74, 6) is 1.29. The Morgan fingerprint density at radius 2 is 1.90 bits per heavy atom. The number of hydrogen-bond acceptors (Lipinski definition) is 5. The molecular weight excluding hydrogens is 294 g/mol. The Balaban J connectivity index is 2.09. The molecule has 2 heterocycles. The minimum atomic E-state index is -3.65. The minimum absolute atomic E-state index is 0.192. The van der Waals surface area contributed by atoms with Crippen molar-refractivity contribution in [3.63, 3.8) is 0 Å². The Hall–Kier alpha value is -1.31. The van der Waals surface area contributed by atoms with Gasteiger partial charge >= 0.3 is 10.3 Å². The van der Waals surface area contributed by atoms with Gasteiger partial charge in [-0.05, 0) is 43.0 Å². The van der Waals surface area contributed by atoms with Gasteiger partial charge in [0.2, 0.25) is 0 Å². The second kappa shape index (κ2) is 5.15. The van der Waals surface area contributed by atoms with Crippen molar-refractivity contribution in [2.24, 2.45) is 0 Å². The van der Waals surface area contributed by atoms with Gasteiger partial charge in [0.05, 0.1) is 26.4 Å². The van der Waals surface area contributed by atoms with Crippen LogP contribution in [0.25, 0.3) is 0 Å². The van der Waals surface area contributed by atoms with Gasteiger partial charge in [-0.3, -0.25) is 4.18 Å². The zero-order valence-electron chi connectivity index (χ0n) is 12.3. The number of fused-ring (bicyclic) bond motifs is 3. The second-order valence-corrected chi connectivity index (χ2v) is 6.90. The predicted molar refractivity (Wildman–Crippen MR) is 76.8 cm³/mol. The molecular formula is C14H19NO5S. The van der Waals surface area contributed by atoms with E-state index >= 15 is 0 Å². The largest absolute Gasteiger partial charge is 0.493 e. The molecule has 3 rings (SSSR count). The summed E-state index contributed by atoms with van der Waals surface area (Å²) < 4.78 is 41.5. The first-order valence-electron chi connectivity index (χ1n) is 6.91. The maximum atomic E-state index is 12.2. The van der Waals surface area contributed by atoms with E-state index in [4.69, 9.17) is 13.7 Å². The summed E-state index contributed by atoms with van der Waals surface area (Å²) in [5.41, 5.74) is 2.09. The van der Waals surface area contributed by atoms with Crippen molar-refractivity contribution in [2.75, 3.05) is 20.8 Å². The Labute approximate surface area is 124 Å². The lowest BCUT2D eigenvalue weighted by Gasteiger charge is -2.41. The first-order chi connectivity index (χ1) is 9.96. The highest BCUT2D eigenvalue weighted by atomic mass is 32.2. The van der Waals surface area contributed by atoms with Crippen molar-refractivity contribution in [3.05, 3.63) is 23.3 Å². The van der Waals surface area contributed by atoms with E-state index in [2.05, 4.69) is 0 Å². The lowest BCUT2D eigenvalue weighted by atomic mass is 9.90. The zero-order valence-corrected chi connectivity index (χ0v) is 13.1. The number of ether oxygens (including phenoxy) is 2. The summed E-state index contributed by atoms with van der Waals surface area (Å²) in [4.78, 5) is 0. The molecule has 21 heavy (non-hydrogen) atoms. The molecule has 0 amide bonds. The molecule has 2 atom stereocenters. The maximum Gasteiger partial charge on any atom is 0.339 e. The minimum Gasteiger partial charge on any atom is -0.493 e.